The zero-order valence-electron chi connectivity index (χ0n) is 10.7. The lowest BCUT2D eigenvalue weighted by atomic mass is 10.1. The first-order valence-corrected chi connectivity index (χ1v) is 6.11. The first-order valence-electron chi connectivity index (χ1n) is 5.70. The Labute approximate surface area is 112 Å². The summed E-state index contributed by atoms with van der Waals surface area (Å²) >= 11 is 5.09. The van der Waals surface area contributed by atoms with E-state index in [1.165, 1.54) is 0 Å². The van der Waals surface area contributed by atoms with Gasteiger partial charge < -0.3 is 5.73 Å². The van der Waals surface area contributed by atoms with Gasteiger partial charge >= 0.3 is 0 Å². The fraction of sp³-hybridized carbons (Fsp3) is 0.308. The molecule has 0 fully saturated rings. The molecular weight excluding hydrogens is 244 g/mol. The van der Waals surface area contributed by atoms with Crippen LogP contribution in [0.15, 0.2) is 30.7 Å². The molecule has 18 heavy (non-hydrogen) atoms. The van der Waals surface area contributed by atoms with Gasteiger partial charge in [-0.05, 0) is 32.9 Å². The maximum Gasteiger partial charge on any atom is 0.107 e. The Balaban J connectivity index is 2.70. The molecule has 2 rings (SSSR count). The van der Waals surface area contributed by atoms with E-state index in [0.717, 1.165) is 16.8 Å². The van der Waals surface area contributed by atoms with Gasteiger partial charge in [0.25, 0.3) is 0 Å². The van der Waals surface area contributed by atoms with E-state index in [0.29, 0.717) is 4.99 Å². The fourth-order valence-corrected chi connectivity index (χ4v) is 1.97. The Morgan fingerprint density at radius 1 is 1.33 bits per heavy atom. The van der Waals surface area contributed by atoms with Crippen LogP contribution in [0.4, 0.5) is 0 Å². The van der Waals surface area contributed by atoms with Crippen LogP contribution in [0.25, 0.3) is 11.3 Å². The number of hydrogen-bond donors (Lipinski definition) is 1. The van der Waals surface area contributed by atoms with Crippen molar-refractivity contribution in [1.29, 1.82) is 0 Å². The van der Waals surface area contributed by atoms with Crippen LogP contribution in [0.5, 0.6) is 0 Å². The van der Waals surface area contributed by atoms with Gasteiger partial charge in [0.15, 0.2) is 0 Å². The second-order valence-electron chi connectivity index (χ2n) is 5.10. The first-order chi connectivity index (χ1) is 8.41. The highest BCUT2D eigenvalue weighted by molar-refractivity contribution is 7.80. The molecule has 0 aliphatic rings. The highest BCUT2D eigenvalue weighted by Crippen LogP contribution is 2.28. The van der Waals surface area contributed by atoms with Crippen molar-refractivity contribution in [3.8, 4) is 11.3 Å². The Hall–Kier alpha value is -1.75. The summed E-state index contributed by atoms with van der Waals surface area (Å²) in [5, 5.41) is 4.41. The van der Waals surface area contributed by atoms with Crippen molar-refractivity contribution < 1.29 is 0 Å². The van der Waals surface area contributed by atoms with Crippen molar-refractivity contribution in [2.24, 2.45) is 5.73 Å². The molecule has 2 aromatic heterocycles. The quantitative estimate of drug-likeness (QED) is 0.842. The minimum Gasteiger partial charge on any atom is -0.389 e. The van der Waals surface area contributed by atoms with Crippen molar-refractivity contribution in [3.05, 3.63) is 36.3 Å². The molecule has 0 aliphatic carbocycles. The van der Waals surface area contributed by atoms with Gasteiger partial charge in [-0.25, -0.2) is 0 Å². The van der Waals surface area contributed by atoms with Crippen molar-refractivity contribution in [2.75, 3.05) is 0 Å². The predicted molar refractivity (Wildman–Crippen MR) is 76.3 cm³/mol. The smallest absolute Gasteiger partial charge is 0.107 e. The molecule has 0 atom stereocenters. The third-order valence-corrected chi connectivity index (χ3v) is 2.82. The third kappa shape index (κ3) is 2.26. The maximum absolute atomic E-state index is 5.77. The normalized spacial score (nSPS) is 11.5. The topological polar surface area (TPSA) is 56.7 Å². The van der Waals surface area contributed by atoms with E-state index in [1.807, 2.05) is 16.8 Å². The van der Waals surface area contributed by atoms with E-state index in [2.05, 4.69) is 30.9 Å². The van der Waals surface area contributed by atoms with Crippen LogP contribution < -0.4 is 5.73 Å². The SMILES string of the molecule is CC(C)(C)n1ncc(C(N)=S)c1-c1cccnc1. The van der Waals surface area contributed by atoms with Crippen molar-refractivity contribution >= 4 is 17.2 Å². The van der Waals surface area contributed by atoms with Gasteiger partial charge in [0, 0.05) is 18.0 Å². The van der Waals surface area contributed by atoms with Crippen LogP contribution in [0.3, 0.4) is 0 Å². The van der Waals surface area contributed by atoms with E-state index in [-0.39, 0.29) is 5.54 Å². The van der Waals surface area contributed by atoms with Crippen LogP contribution in [0, 0.1) is 0 Å². The highest BCUT2D eigenvalue weighted by atomic mass is 32.1. The lowest BCUT2D eigenvalue weighted by Crippen LogP contribution is -2.24. The van der Waals surface area contributed by atoms with Crippen LogP contribution in [0.2, 0.25) is 0 Å². The third-order valence-electron chi connectivity index (χ3n) is 2.61. The summed E-state index contributed by atoms with van der Waals surface area (Å²) < 4.78 is 1.93. The molecule has 0 aromatic carbocycles. The lowest BCUT2D eigenvalue weighted by molar-refractivity contribution is 0.360. The summed E-state index contributed by atoms with van der Waals surface area (Å²) in [6, 6.07) is 3.87. The molecular formula is C13H16N4S. The van der Waals surface area contributed by atoms with Crippen LogP contribution >= 0.6 is 12.2 Å². The van der Waals surface area contributed by atoms with Gasteiger partial charge in [-0.1, -0.05) is 12.2 Å². The predicted octanol–water partition coefficient (Wildman–Crippen LogP) is 2.33. The summed E-state index contributed by atoms with van der Waals surface area (Å²) in [6.45, 7) is 6.26. The largest absolute Gasteiger partial charge is 0.389 e. The number of thiocarbonyl (C=S) groups is 1. The molecule has 0 bridgehead atoms. The minimum atomic E-state index is -0.145. The number of aromatic nitrogens is 3. The average molecular weight is 260 g/mol. The summed E-state index contributed by atoms with van der Waals surface area (Å²) in [6.07, 6.45) is 5.25. The van der Waals surface area contributed by atoms with Gasteiger partial charge in [-0.15, -0.1) is 0 Å². The highest BCUT2D eigenvalue weighted by Gasteiger charge is 2.22. The van der Waals surface area contributed by atoms with Crippen molar-refractivity contribution in [1.82, 2.24) is 14.8 Å². The van der Waals surface area contributed by atoms with Crippen molar-refractivity contribution in [2.45, 2.75) is 26.3 Å². The molecule has 4 nitrogen and oxygen atoms in total. The molecule has 2 heterocycles. The number of rotatable bonds is 2. The Morgan fingerprint density at radius 3 is 2.56 bits per heavy atom. The molecule has 0 spiro atoms. The van der Waals surface area contributed by atoms with Gasteiger partial charge in [0.1, 0.15) is 4.99 Å². The molecule has 2 N–H and O–H groups in total. The summed E-state index contributed by atoms with van der Waals surface area (Å²) in [5.41, 5.74) is 8.29. The monoisotopic (exact) mass is 260 g/mol. The second-order valence-corrected chi connectivity index (χ2v) is 5.54. The van der Waals surface area contributed by atoms with E-state index < -0.39 is 0 Å². The van der Waals surface area contributed by atoms with Gasteiger partial charge in [-0.3, -0.25) is 9.67 Å². The zero-order valence-corrected chi connectivity index (χ0v) is 11.5. The summed E-state index contributed by atoms with van der Waals surface area (Å²) in [7, 11) is 0. The number of nitrogens with two attached hydrogens (primary N) is 1. The minimum absolute atomic E-state index is 0.145. The van der Waals surface area contributed by atoms with E-state index in [9.17, 15) is 0 Å². The molecule has 0 unspecified atom stereocenters. The number of hydrogen-bond acceptors (Lipinski definition) is 3. The van der Waals surface area contributed by atoms with Gasteiger partial charge in [0.2, 0.25) is 0 Å². The second kappa shape index (κ2) is 4.49. The van der Waals surface area contributed by atoms with E-state index >= 15 is 0 Å². The molecule has 2 aromatic rings. The Bertz CT molecular complexity index is 566. The average Bonchev–Trinajstić information content (AvgIpc) is 2.74. The van der Waals surface area contributed by atoms with E-state index in [1.54, 1.807) is 18.6 Å². The molecule has 0 aliphatic heterocycles. The summed E-state index contributed by atoms with van der Waals surface area (Å²) in [4.78, 5) is 4.49. The van der Waals surface area contributed by atoms with E-state index in [4.69, 9.17) is 18.0 Å². The standard InChI is InChI=1S/C13H16N4S/c1-13(2,3)17-11(9-5-4-6-15-7-9)10(8-16-17)12(14)18/h4-8H,1-3H3,(H2,14,18). The lowest BCUT2D eigenvalue weighted by Gasteiger charge is -2.23. The molecule has 5 heteroatoms. The molecule has 0 saturated carbocycles. The van der Waals surface area contributed by atoms with Crippen LogP contribution in [-0.2, 0) is 5.54 Å². The van der Waals surface area contributed by atoms with Crippen LogP contribution in [0.1, 0.15) is 26.3 Å². The fourth-order valence-electron chi connectivity index (χ4n) is 1.82. The molecule has 0 saturated heterocycles. The molecule has 0 radical (unpaired) electrons. The molecule has 94 valence electrons. The maximum atomic E-state index is 5.77. The first kappa shape index (κ1) is 12.7. The summed E-state index contributed by atoms with van der Waals surface area (Å²) in [5.74, 6) is 0. The number of pyridine rings is 1. The van der Waals surface area contributed by atoms with Crippen molar-refractivity contribution in [3.63, 3.8) is 0 Å². The molecule has 0 amide bonds. The van der Waals surface area contributed by atoms with Gasteiger partial charge in [0.05, 0.1) is 23.0 Å². The van der Waals surface area contributed by atoms with Gasteiger partial charge in [-0.2, -0.15) is 5.10 Å². The Kier molecular flexibility index (Phi) is 3.17. The number of nitrogens with zero attached hydrogens (tertiary/aromatic N) is 3. The van der Waals surface area contributed by atoms with Crippen LogP contribution in [-0.4, -0.2) is 19.8 Å². The Morgan fingerprint density at radius 2 is 2.06 bits per heavy atom. The zero-order chi connectivity index (χ0) is 13.3.